The second-order valence-corrected chi connectivity index (χ2v) is 11.9. The molecule has 2 fully saturated rings. The Hall–Kier alpha value is -0.690. The number of carboxylic acids is 1. The molecular weight excluding hydrogens is 476 g/mol. The minimum Gasteiger partial charge on any atom is -0.481 e. The topological polar surface area (TPSA) is 77.8 Å². The number of allylic oxidation sites excluding steroid dienone is 1. The van der Waals surface area contributed by atoms with E-state index in [0.717, 1.165) is 49.4 Å². The van der Waals surface area contributed by atoms with Crippen LogP contribution in [-0.2, 0) is 11.2 Å². The molecule has 0 aromatic carbocycles. The third-order valence-electron chi connectivity index (χ3n) is 7.32. The fraction of sp³-hybridized carbons (Fsp3) is 0.720. The maximum absolute atomic E-state index is 10.7. The Morgan fingerprint density at radius 2 is 2.13 bits per heavy atom. The first-order valence-corrected chi connectivity index (χ1v) is 13.3. The third kappa shape index (κ3) is 7.41. The lowest BCUT2D eigenvalue weighted by molar-refractivity contribution is -0.137. The Bertz CT molecular complexity index is 754. The van der Waals surface area contributed by atoms with Gasteiger partial charge in [-0.25, -0.2) is 0 Å². The van der Waals surface area contributed by atoms with Gasteiger partial charge in [-0.05, 0) is 117 Å². The van der Waals surface area contributed by atoms with Crippen LogP contribution in [0.2, 0.25) is 0 Å². The van der Waals surface area contributed by atoms with Crippen LogP contribution in [0.5, 0.6) is 0 Å². The molecule has 0 saturated heterocycles. The summed E-state index contributed by atoms with van der Waals surface area (Å²) in [5, 5.41) is 29.8. The zero-order valence-corrected chi connectivity index (χ0v) is 21.1. The highest BCUT2D eigenvalue weighted by Gasteiger charge is 2.43. The van der Waals surface area contributed by atoms with Crippen molar-refractivity contribution in [3.8, 4) is 0 Å². The number of aliphatic hydroxyl groups excluding tert-OH is 2. The van der Waals surface area contributed by atoms with Crippen LogP contribution < -0.4 is 0 Å². The van der Waals surface area contributed by atoms with Crippen LogP contribution in [-0.4, -0.2) is 33.5 Å². The summed E-state index contributed by atoms with van der Waals surface area (Å²) in [6.45, 7) is 4.27. The number of hydrogen-bond donors (Lipinski definition) is 3. The molecule has 3 rings (SSSR count). The highest BCUT2D eigenvalue weighted by atomic mass is 79.9. The van der Waals surface area contributed by atoms with Gasteiger partial charge in [0.2, 0.25) is 0 Å². The summed E-state index contributed by atoms with van der Waals surface area (Å²) >= 11 is 5.35. The van der Waals surface area contributed by atoms with Gasteiger partial charge in [-0.2, -0.15) is 0 Å². The van der Waals surface area contributed by atoms with Gasteiger partial charge in [-0.15, -0.1) is 11.3 Å². The molecule has 2 saturated carbocycles. The number of aryl methyl sites for hydroxylation is 2. The van der Waals surface area contributed by atoms with Crippen LogP contribution in [0.25, 0.3) is 0 Å². The first-order valence-electron chi connectivity index (χ1n) is 11.7. The highest BCUT2D eigenvalue weighted by molar-refractivity contribution is 9.10. The second kappa shape index (κ2) is 11.4. The molecule has 0 spiro atoms. The first-order chi connectivity index (χ1) is 14.7. The molecule has 0 bridgehead atoms. The number of thiophene rings is 1. The SMILES string of the molecule is C/C(=C\C[C@@H](O)CCc1cc(Br)c(C)s1)[C@H]1CCC(O)[C@@H]1C[C@H]1CC1CCCC(=O)O. The monoisotopic (exact) mass is 512 g/mol. The third-order valence-corrected chi connectivity index (χ3v) is 9.52. The molecule has 1 aromatic rings. The van der Waals surface area contributed by atoms with Gasteiger partial charge < -0.3 is 15.3 Å². The van der Waals surface area contributed by atoms with Gasteiger partial charge in [0, 0.05) is 20.6 Å². The van der Waals surface area contributed by atoms with Crippen molar-refractivity contribution in [2.75, 3.05) is 0 Å². The van der Waals surface area contributed by atoms with Crippen molar-refractivity contribution in [1.82, 2.24) is 0 Å². The molecule has 0 amide bonds. The summed E-state index contributed by atoms with van der Waals surface area (Å²) in [4.78, 5) is 13.3. The van der Waals surface area contributed by atoms with Gasteiger partial charge >= 0.3 is 5.97 Å². The predicted octanol–water partition coefficient (Wildman–Crippen LogP) is 6.12. The van der Waals surface area contributed by atoms with Crippen LogP contribution in [0.15, 0.2) is 22.2 Å². The number of halogens is 1. The standard InChI is InChI=1S/C25H37BrO4S/c1-15(6-7-19(27)8-9-20-14-23(26)16(2)31-20)21-10-11-24(28)22(21)13-18-12-17(18)4-3-5-25(29)30/h6,14,17-19,21-22,24,27-28H,3-5,7-13H2,1-2H3,(H,29,30)/b15-6+/t17?,18-,19-,21-,22-,24?/m1/s1. The van der Waals surface area contributed by atoms with E-state index in [2.05, 4.69) is 41.9 Å². The van der Waals surface area contributed by atoms with E-state index in [-0.39, 0.29) is 18.6 Å². The maximum atomic E-state index is 10.7. The Morgan fingerprint density at radius 1 is 1.35 bits per heavy atom. The molecule has 0 aliphatic heterocycles. The predicted molar refractivity (Wildman–Crippen MR) is 129 cm³/mol. The lowest BCUT2D eigenvalue weighted by Gasteiger charge is -2.23. The van der Waals surface area contributed by atoms with E-state index in [4.69, 9.17) is 5.11 Å². The van der Waals surface area contributed by atoms with E-state index < -0.39 is 5.97 Å². The number of rotatable bonds is 12. The lowest BCUT2D eigenvalue weighted by Crippen LogP contribution is -2.21. The molecule has 2 aliphatic carbocycles. The molecule has 1 heterocycles. The fourth-order valence-corrected chi connectivity index (χ4v) is 6.91. The zero-order valence-electron chi connectivity index (χ0n) is 18.7. The lowest BCUT2D eigenvalue weighted by atomic mass is 9.84. The quantitative estimate of drug-likeness (QED) is 0.295. The van der Waals surface area contributed by atoms with Crippen LogP contribution >= 0.6 is 27.3 Å². The average molecular weight is 514 g/mol. The molecule has 4 nitrogen and oxygen atoms in total. The van der Waals surface area contributed by atoms with E-state index in [1.54, 1.807) is 11.3 Å². The van der Waals surface area contributed by atoms with Crippen LogP contribution in [0, 0.1) is 30.6 Å². The van der Waals surface area contributed by atoms with Crippen LogP contribution in [0.4, 0.5) is 0 Å². The van der Waals surface area contributed by atoms with Crippen LogP contribution in [0.3, 0.4) is 0 Å². The summed E-state index contributed by atoms with van der Waals surface area (Å²) in [6, 6.07) is 2.16. The number of hydrogen-bond acceptors (Lipinski definition) is 4. The summed E-state index contributed by atoms with van der Waals surface area (Å²) in [5.41, 5.74) is 1.32. The van der Waals surface area contributed by atoms with Gasteiger partial charge in [0.15, 0.2) is 0 Å². The largest absolute Gasteiger partial charge is 0.481 e. The van der Waals surface area contributed by atoms with Crippen molar-refractivity contribution in [2.24, 2.45) is 23.7 Å². The summed E-state index contributed by atoms with van der Waals surface area (Å²) in [6.07, 6.45) is 10.2. The Balaban J connectivity index is 1.44. The Kier molecular flexibility index (Phi) is 9.21. The van der Waals surface area contributed by atoms with Gasteiger partial charge in [-0.1, -0.05) is 11.6 Å². The van der Waals surface area contributed by atoms with Crippen molar-refractivity contribution >= 4 is 33.2 Å². The number of aliphatic carboxylic acids is 1. The number of carboxylic acid groups (broad SMARTS) is 1. The smallest absolute Gasteiger partial charge is 0.303 e. The van der Waals surface area contributed by atoms with Gasteiger partial charge in [-0.3, -0.25) is 4.79 Å². The summed E-state index contributed by atoms with van der Waals surface area (Å²) in [5.74, 6) is 1.33. The first kappa shape index (κ1) is 24.9. The van der Waals surface area contributed by atoms with E-state index in [0.29, 0.717) is 30.1 Å². The zero-order chi connectivity index (χ0) is 22.5. The summed E-state index contributed by atoms with van der Waals surface area (Å²) < 4.78 is 1.16. The summed E-state index contributed by atoms with van der Waals surface area (Å²) in [7, 11) is 0. The average Bonchev–Trinajstić information content (AvgIpc) is 3.22. The number of aliphatic hydroxyl groups is 2. The Labute approximate surface area is 198 Å². The van der Waals surface area contributed by atoms with Crippen molar-refractivity contribution < 1.29 is 20.1 Å². The minimum absolute atomic E-state index is 0.223. The molecule has 2 unspecified atom stereocenters. The maximum Gasteiger partial charge on any atom is 0.303 e. The van der Waals surface area contributed by atoms with E-state index in [1.807, 2.05) is 0 Å². The molecule has 174 valence electrons. The van der Waals surface area contributed by atoms with Crippen molar-refractivity contribution in [3.05, 3.63) is 31.9 Å². The van der Waals surface area contributed by atoms with Gasteiger partial charge in [0.05, 0.1) is 12.2 Å². The van der Waals surface area contributed by atoms with E-state index in [1.165, 1.54) is 21.7 Å². The van der Waals surface area contributed by atoms with Gasteiger partial charge in [0.1, 0.15) is 0 Å². The van der Waals surface area contributed by atoms with Crippen molar-refractivity contribution in [3.63, 3.8) is 0 Å². The van der Waals surface area contributed by atoms with E-state index >= 15 is 0 Å². The highest BCUT2D eigenvalue weighted by Crippen LogP contribution is 2.51. The Morgan fingerprint density at radius 3 is 2.81 bits per heavy atom. The van der Waals surface area contributed by atoms with Crippen molar-refractivity contribution in [2.45, 2.75) is 90.3 Å². The van der Waals surface area contributed by atoms with Crippen molar-refractivity contribution in [1.29, 1.82) is 0 Å². The van der Waals surface area contributed by atoms with E-state index in [9.17, 15) is 15.0 Å². The minimum atomic E-state index is -0.704. The normalized spacial score (nSPS) is 29.3. The molecule has 31 heavy (non-hydrogen) atoms. The molecule has 1 aromatic heterocycles. The van der Waals surface area contributed by atoms with Crippen LogP contribution in [0.1, 0.15) is 74.5 Å². The molecule has 2 aliphatic rings. The van der Waals surface area contributed by atoms with Gasteiger partial charge in [0.25, 0.3) is 0 Å². The molecule has 6 heteroatoms. The molecule has 3 N–H and O–H groups in total. The molecule has 0 radical (unpaired) electrons. The fourth-order valence-electron chi connectivity index (χ4n) is 5.29. The second-order valence-electron chi connectivity index (χ2n) is 9.69. The molecule has 6 atom stereocenters. The molecular formula is C25H37BrO4S. The number of carbonyl (C=O) groups is 1.